The second-order valence-corrected chi connectivity index (χ2v) is 6.66. The van der Waals surface area contributed by atoms with E-state index >= 15 is 0 Å². The van der Waals surface area contributed by atoms with Gasteiger partial charge in [-0.15, -0.1) is 0 Å². The van der Waals surface area contributed by atoms with Crippen LogP contribution in [0.2, 0.25) is 0 Å². The zero-order valence-corrected chi connectivity index (χ0v) is 14.3. The quantitative estimate of drug-likeness (QED) is 0.267. The molecule has 0 saturated heterocycles. The number of rotatable bonds is 12. The van der Waals surface area contributed by atoms with Crippen LogP contribution in [0.4, 0.5) is 0 Å². The molecule has 0 aliphatic heterocycles. The van der Waals surface area contributed by atoms with Gasteiger partial charge in [-0.2, -0.15) is 0 Å². The van der Waals surface area contributed by atoms with Crippen LogP contribution in [0.3, 0.4) is 0 Å². The molecule has 0 bridgehead atoms. The topological polar surface area (TPSA) is 37.3 Å². The zero-order valence-electron chi connectivity index (χ0n) is 14.3. The van der Waals surface area contributed by atoms with Crippen LogP contribution >= 0.6 is 0 Å². The Labute approximate surface area is 136 Å². The van der Waals surface area contributed by atoms with Gasteiger partial charge in [0.15, 0.2) is 0 Å². The lowest BCUT2D eigenvalue weighted by atomic mass is 9.90. The van der Waals surface area contributed by atoms with Crippen LogP contribution in [-0.2, 0) is 4.79 Å². The van der Waals surface area contributed by atoms with Gasteiger partial charge in [-0.3, -0.25) is 0 Å². The first-order valence-electron chi connectivity index (χ1n) is 9.30. The van der Waals surface area contributed by atoms with Gasteiger partial charge in [0.25, 0.3) is 0 Å². The molecule has 1 aliphatic rings. The molecule has 1 N–H and O–H groups in total. The van der Waals surface area contributed by atoms with Crippen molar-refractivity contribution in [3.05, 3.63) is 24.3 Å². The minimum absolute atomic E-state index is 0.806. The lowest BCUT2D eigenvalue weighted by Crippen LogP contribution is -2.05. The number of hydrogen-bond donors (Lipinski definition) is 1. The highest BCUT2D eigenvalue weighted by molar-refractivity contribution is 5.79. The second-order valence-electron chi connectivity index (χ2n) is 6.66. The van der Waals surface area contributed by atoms with E-state index in [1.165, 1.54) is 70.3 Å². The Kier molecular flexibility index (Phi) is 10.8. The summed E-state index contributed by atoms with van der Waals surface area (Å²) in [6.45, 7) is 2.26. The molecule has 2 nitrogen and oxygen atoms in total. The smallest absolute Gasteiger partial charge is 0.327 e. The zero-order chi connectivity index (χ0) is 16.0. The number of aliphatic carboxylic acids is 1. The van der Waals surface area contributed by atoms with Crippen LogP contribution < -0.4 is 0 Å². The van der Waals surface area contributed by atoms with Crippen LogP contribution in [0.5, 0.6) is 0 Å². The van der Waals surface area contributed by atoms with Gasteiger partial charge in [-0.1, -0.05) is 57.3 Å². The first kappa shape index (κ1) is 19.0. The summed E-state index contributed by atoms with van der Waals surface area (Å²) in [7, 11) is 0. The van der Waals surface area contributed by atoms with E-state index in [9.17, 15) is 4.79 Å². The number of carboxylic acid groups (broad SMARTS) is 1. The largest absolute Gasteiger partial charge is 0.478 e. The Balaban J connectivity index is 2.12. The van der Waals surface area contributed by atoms with E-state index in [1.54, 1.807) is 6.08 Å². The number of allylic oxidation sites excluding steroid dienone is 3. The molecule has 126 valence electrons. The van der Waals surface area contributed by atoms with E-state index < -0.39 is 5.97 Å². The lowest BCUT2D eigenvalue weighted by Gasteiger charge is -2.15. The fraction of sp³-hybridized carbons (Fsp3) is 0.750. The van der Waals surface area contributed by atoms with Crippen LogP contribution in [0.25, 0.3) is 0 Å². The van der Waals surface area contributed by atoms with E-state index in [4.69, 9.17) is 5.11 Å². The summed E-state index contributed by atoms with van der Waals surface area (Å²) in [5.74, 6) is 0.844. The molecule has 0 unspecified atom stereocenters. The Morgan fingerprint density at radius 1 is 1.05 bits per heavy atom. The van der Waals surface area contributed by atoms with Gasteiger partial charge in [0, 0.05) is 6.08 Å². The average Bonchev–Trinajstić information content (AvgIpc) is 2.93. The van der Waals surface area contributed by atoms with E-state index in [0.717, 1.165) is 24.7 Å². The summed E-state index contributed by atoms with van der Waals surface area (Å²) in [6.07, 6.45) is 23.3. The van der Waals surface area contributed by atoms with E-state index in [-0.39, 0.29) is 0 Å². The van der Waals surface area contributed by atoms with Gasteiger partial charge in [0.1, 0.15) is 0 Å². The number of unbranched alkanes of at least 4 members (excludes halogenated alkanes) is 6. The van der Waals surface area contributed by atoms with Crippen LogP contribution in [0.15, 0.2) is 24.3 Å². The third kappa shape index (κ3) is 9.07. The maximum absolute atomic E-state index is 10.4. The first-order chi connectivity index (χ1) is 10.7. The molecule has 0 aromatic rings. The lowest BCUT2D eigenvalue weighted by molar-refractivity contribution is -0.131. The molecule has 2 atom stereocenters. The number of carbonyl (C=O) groups is 1. The molecule has 2 heteroatoms. The maximum atomic E-state index is 10.4. The summed E-state index contributed by atoms with van der Waals surface area (Å²) in [5.41, 5.74) is 0. The molecule has 0 aromatic carbocycles. The molecule has 0 spiro atoms. The Hall–Kier alpha value is -1.05. The third-order valence-corrected chi connectivity index (χ3v) is 4.78. The van der Waals surface area contributed by atoms with Crippen molar-refractivity contribution in [1.29, 1.82) is 0 Å². The molecule has 1 fully saturated rings. The minimum atomic E-state index is -0.833. The van der Waals surface area contributed by atoms with Crippen molar-refractivity contribution in [2.75, 3.05) is 0 Å². The van der Waals surface area contributed by atoms with Crippen LogP contribution in [0, 0.1) is 11.8 Å². The summed E-state index contributed by atoms with van der Waals surface area (Å²) >= 11 is 0. The Bertz CT molecular complexity index is 344. The Morgan fingerprint density at radius 2 is 1.82 bits per heavy atom. The summed E-state index contributed by atoms with van der Waals surface area (Å²) < 4.78 is 0. The van der Waals surface area contributed by atoms with Crippen molar-refractivity contribution in [1.82, 2.24) is 0 Å². The monoisotopic (exact) mass is 306 g/mol. The second kappa shape index (κ2) is 12.5. The van der Waals surface area contributed by atoms with Crippen molar-refractivity contribution in [3.63, 3.8) is 0 Å². The molecule has 22 heavy (non-hydrogen) atoms. The number of carboxylic acids is 1. The van der Waals surface area contributed by atoms with Gasteiger partial charge in [-0.25, -0.2) is 4.79 Å². The molecule has 1 saturated carbocycles. The molecular weight excluding hydrogens is 272 g/mol. The fourth-order valence-electron chi connectivity index (χ4n) is 3.49. The molecular formula is C20H34O2. The SMILES string of the molecule is CCCCCCC=C[C@H]1CCC[C@@H]1CCCCC=CC(=O)O. The van der Waals surface area contributed by atoms with Gasteiger partial charge < -0.3 is 5.11 Å². The maximum Gasteiger partial charge on any atom is 0.327 e. The molecule has 0 heterocycles. The summed E-state index contributed by atoms with van der Waals surface area (Å²) in [5, 5.41) is 8.53. The Morgan fingerprint density at radius 3 is 2.59 bits per heavy atom. The molecule has 0 aromatic heterocycles. The highest BCUT2D eigenvalue weighted by atomic mass is 16.4. The van der Waals surface area contributed by atoms with Gasteiger partial charge >= 0.3 is 5.97 Å². The van der Waals surface area contributed by atoms with Crippen molar-refractivity contribution in [3.8, 4) is 0 Å². The van der Waals surface area contributed by atoms with E-state index in [2.05, 4.69) is 19.1 Å². The van der Waals surface area contributed by atoms with Crippen LogP contribution in [-0.4, -0.2) is 11.1 Å². The van der Waals surface area contributed by atoms with E-state index in [1.807, 2.05) is 0 Å². The predicted molar refractivity (Wildman–Crippen MR) is 94.0 cm³/mol. The third-order valence-electron chi connectivity index (χ3n) is 4.78. The van der Waals surface area contributed by atoms with Crippen molar-refractivity contribution in [2.45, 2.75) is 84.0 Å². The standard InChI is InChI=1S/C20H34O2/c1-2-3-4-5-6-9-13-18-15-12-16-19(18)14-10-7-8-11-17-20(21)22/h9,11,13,17-19H,2-8,10,12,14-16H2,1H3,(H,21,22)/t18-,19-/m0/s1. The average molecular weight is 306 g/mol. The van der Waals surface area contributed by atoms with Crippen LogP contribution in [0.1, 0.15) is 84.0 Å². The predicted octanol–water partition coefficient (Wildman–Crippen LogP) is 6.13. The van der Waals surface area contributed by atoms with Gasteiger partial charge in [0.2, 0.25) is 0 Å². The van der Waals surface area contributed by atoms with Gasteiger partial charge in [-0.05, 0) is 56.8 Å². The molecule has 0 radical (unpaired) electrons. The van der Waals surface area contributed by atoms with Crippen molar-refractivity contribution >= 4 is 5.97 Å². The van der Waals surface area contributed by atoms with Gasteiger partial charge in [0.05, 0.1) is 0 Å². The summed E-state index contributed by atoms with van der Waals surface area (Å²) in [4.78, 5) is 10.4. The first-order valence-corrected chi connectivity index (χ1v) is 9.30. The van der Waals surface area contributed by atoms with Crippen molar-refractivity contribution < 1.29 is 9.90 Å². The minimum Gasteiger partial charge on any atom is -0.478 e. The molecule has 0 amide bonds. The highest BCUT2D eigenvalue weighted by Gasteiger charge is 2.24. The van der Waals surface area contributed by atoms with Crippen molar-refractivity contribution in [2.24, 2.45) is 11.8 Å². The molecule has 1 rings (SSSR count). The highest BCUT2D eigenvalue weighted by Crippen LogP contribution is 2.36. The number of hydrogen-bond acceptors (Lipinski definition) is 1. The molecule has 1 aliphatic carbocycles. The normalized spacial score (nSPS) is 22.0. The van der Waals surface area contributed by atoms with E-state index in [0.29, 0.717) is 0 Å². The summed E-state index contributed by atoms with van der Waals surface area (Å²) in [6, 6.07) is 0. The fourth-order valence-corrected chi connectivity index (χ4v) is 3.49.